The summed E-state index contributed by atoms with van der Waals surface area (Å²) >= 11 is 0. The maximum atomic E-state index is 11.3. The molecule has 0 saturated carbocycles. The lowest BCUT2D eigenvalue weighted by molar-refractivity contribution is 0.403. The molecule has 1 atom stereocenters. The van der Waals surface area contributed by atoms with E-state index in [1.807, 2.05) is 12.1 Å². The highest BCUT2D eigenvalue weighted by molar-refractivity contribution is 7.89. The SMILES string of the molecule is CCc1cccc(C(C)c2ccc(S(N)(=O)=O)cc2)c1OC. The molecule has 0 amide bonds. The highest BCUT2D eigenvalue weighted by Crippen LogP contribution is 2.34. The first-order valence-electron chi connectivity index (χ1n) is 7.17. The highest BCUT2D eigenvalue weighted by Gasteiger charge is 2.16. The van der Waals surface area contributed by atoms with Crippen LogP contribution in [0.3, 0.4) is 0 Å². The van der Waals surface area contributed by atoms with E-state index in [1.54, 1.807) is 19.2 Å². The average Bonchev–Trinajstić information content (AvgIpc) is 2.52. The predicted octanol–water partition coefficient (Wildman–Crippen LogP) is 3.06. The number of rotatable bonds is 5. The molecule has 2 aromatic rings. The van der Waals surface area contributed by atoms with Crippen molar-refractivity contribution in [1.82, 2.24) is 0 Å². The minimum atomic E-state index is -3.66. The summed E-state index contributed by atoms with van der Waals surface area (Å²) in [6.07, 6.45) is 0.897. The minimum Gasteiger partial charge on any atom is -0.496 e. The van der Waals surface area contributed by atoms with Gasteiger partial charge >= 0.3 is 0 Å². The number of primary sulfonamides is 1. The van der Waals surface area contributed by atoms with Crippen molar-refractivity contribution in [2.75, 3.05) is 7.11 Å². The summed E-state index contributed by atoms with van der Waals surface area (Å²) in [5.41, 5.74) is 3.26. The van der Waals surface area contributed by atoms with Crippen molar-refractivity contribution in [2.24, 2.45) is 5.14 Å². The Hall–Kier alpha value is -1.85. The molecule has 2 aromatic carbocycles. The van der Waals surface area contributed by atoms with Crippen LogP contribution >= 0.6 is 0 Å². The van der Waals surface area contributed by atoms with Gasteiger partial charge in [0, 0.05) is 11.5 Å². The molecule has 2 rings (SSSR count). The van der Waals surface area contributed by atoms with Gasteiger partial charge in [-0.1, -0.05) is 44.2 Å². The van der Waals surface area contributed by atoms with E-state index in [2.05, 4.69) is 19.9 Å². The van der Waals surface area contributed by atoms with Crippen molar-refractivity contribution in [1.29, 1.82) is 0 Å². The van der Waals surface area contributed by atoms with Gasteiger partial charge in [-0.05, 0) is 29.7 Å². The van der Waals surface area contributed by atoms with Crippen molar-refractivity contribution in [2.45, 2.75) is 31.1 Å². The molecule has 0 aliphatic heterocycles. The molecular formula is C17H21NO3S. The first-order chi connectivity index (χ1) is 10.4. The Morgan fingerprint density at radius 1 is 1.14 bits per heavy atom. The molecule has 2 N–H and O–H groups in total. The Morgan fingerprint density at radius 2 is 1.77 bits per heavy atom. The van der Waals surface area contributed by atoms with Crippen LogP contribution in [0.4, 0.5) is 0 Å². The summed E-state index contributed by atoms with van der Waals surface area (Å²) < 4.78 is 28.2. The fraction of sp³-hybridized carbons (Fsp3) is 0.294. The van der Waals surface area contributed by atoms with Gasteiger partial charge in [0.2, 0.25) is 10.0 Å². The van der Waals surface area contributed by atoms with E-state index in [0.717, 1.165) is 28.9 Å². The van der Waals surface area contributed by atoms with Gasteiger partial charge in [0.1, 0.15) is 5.75 Å². The van der Waals surface area contributed by atoms with Crippen LogP contribution in [0.2, 0.25) is 0 Å². The molecule has 0 saturated heterocycles. The van der Waals surface area contributed by atoms with Crippen LogP contribution in [0, 0.1) is 0 Å². The first-order valence-corrected chi connectivity index (χ1v) is 8.71. The van der Waals surface area contributed by atoms with Crippen LogP contribution in [0.25, 0.3) is 0 Å². The van der Waals surface area contributed by atoms with Gasteiger partial charge < -0.3 is 4.74 Å². The zero-order valence-electron chi connectivity index (χ0n) is 13.0. The quantitative estimate of drug-likeness (QED) is 0.921. The fourth-order valence-electron chi connectivity index (χ4n) is 2.60. The van der Waals surface area contributed by atoms with Gasteiger partial charge in [-0.3, -0.25) is 0 Å². The molecule has 0 aliphatic carbocycles. The van der Waals surface area contributed by atoms with Gasteiger partial charge in [0.05, 0.1) is 12.0 Å². The number of hydrogen-bond acceptors (Lipinski definition) is 3. The van der Waals surface area contributed by atoms with Crippen molar-refractivity contribution in [3.8, 4) is 5.75 Å². The second-order valence-electron chi connectivity index (χ2n) is 5.23. The molecule has 1 unspecified atom stereocenters. The van der Waals surface area contributed by atoms with Gasteiger partial charge in [-0.15, -0.1) is 0 Å². The third-order valence-electron chi connectivity index (χ3n) is 3.89. The van der Waals surface area contributed by atoms with Gasteiger partial charge in [0.15, 0.2) is 0 Å². The number of benzene rings is 2. The third kappa shape index (κ3) is 3.31. The van der Waals surface area contributed by atoms with Crippen molar-refractivity contribution >= 4 is 10.0 Å². The van der Waals surface area contributed by atoms with Crippen molar-refractivity contribution in [3.05, 3.63) is 59.2 Å². The fourth-order valence-corrected chi connectivity index (χ4v) is 3.11. The van der Waals surface area contributed by atoms with E-state index in [-0.39, 0.29) is 10.8 Å². The van der Waals surface area contributed by atoms with Gasteiger partial charge in [0.25, 0.3) is 0 Å². The molecule has 0 spiro atoms. The van der Waals surface area contributed by atoms with E-state index in [1.165, 1.54) is 12.1 Å². The molecule has 118 valence electrons. The average molecular weight is 319 g/mol. The molecule has 0 aromatic heterocycles. The third-order valence-corrected chi connectivity index (χ3v) is 4.82. The second-order valence-corrected chi connectivity index (χ2v) is 6.79. The van der Waals surface area contributed by atoms with Crippen LogP contribution in [-0.2, 0) is 16.4 Å². The van der Waals surface area contributed by atoms with Crippen molar-refractivity contribution < 1.29 is 13.2 Å². The summed E-state index contributed by atoms with van der Waals surface area (Å²) in [6, 6.07) is 12.8. The normalized spacial score (nSPS) is 12.9. The number of nitrogens with two attached hydrogens (primary N) is 1. The molecule has 0 fully saturated rings. The lowest BCUT2D eigenvalue weighted by atomic mass is 9.90. The molecule has 22 heavy (non-hydrogen) atoms. The molecule has 0 radical (unpaired) electrons. The monoisotopic (exact) mass is 319 g/mol. The second kappa shape index (κ2) is 6.50. The van der Waals surface area contributed by atoms with Gasteiger partial charge in [-0.25, -0.2) is 13.6 Å². The Balaban J connectivity index is 2.42. The number of aryl methyl sites for hydroxylation is 1. The molecular weight excluding hydrogens is 298 g/mol. The van der Waals surface area contributed by atoms with E-state index < -0.39 is 10.0 Å². The van der Waals surface area contributed by atoms with Crippen LogP contribution < -0.4 is 9.88 Å². The lowest BCUT2D eigenvalue weighted by Gasteiger charge is -2.18. The predicted molar refractivity (Wildman–Crippen MR) is 87.7 cm³/mol. The number of methoxy groups -OCH3 is 1. The van der Waals surface area contributed by atoms with Gasteiger partial charge in [-0.2, -0.15) is 0 Å². The summed E-state index contributed by atoms with van der Waals surface area (Å²) in [6.45, 7) is 4.16. The lowest BCUT2D eigenvalue weighted by Crippen LogP contribution is -2.12. The van der Waals surface area contributed by atoms with Crippen molar-refractivity contribution in [3.63, 3.8) is 0 Å². The number of sulfonamides is 1. The van der Waals surface area contributed by atoms with Crippen LogP contribution in [0.1, 0.15) is 36.5 Å². The molecule has 0 heterocycles. The van der Waals surface area contributed by atoms with E-state index in [9.17, 15) is 8.42 Å². The summed E-state index contributed by atoms with van der Waals surface area (Å²) in [4.78, 5) is 0.123. The Bertz CT molecular complexity index is 752. The standard InChI is InChI=1S/C17H21NO3S/c1-4-13-6-5-7-16(17(13)21-3)12(2)14-8-10-15(11-9-14)22(18,19)20/h5-12H,4H2,1-3H3,(H2,18,19,20). The topological polar surface area (TPSA) is 69.4 Å². The van der Waals surface area contributed by atoms with E-state index >= 15 is 0 Å². The van der Waals surface area contributed by atoms with Crippen LogP contribution in [0.5, 0.6) is 5.75 Å². The molecule has 0 aliphatic rings. The van der Waals surface area contributed by atoms with Crippen LogP contribution in [0.15, 0.2) is 47.4 Å². The Morgan fingerprint density at radius 3 is 2.27 bits per heavy atom. The zero-order valence-corrected chi connectivity index (χ0v) is 13.9. The van der Waals surface area contributed by atoms with E-state index in [4.69, 9.17) is 9.88 Å². The summed E-state index contributed by atoms with van der Waals surface area (Å²) in [5.74, 6) is 0.990. The zero-order chi connectivity index (χ0) is 16.3. The smallest absolute Gasteiger partial charge is 0.238 e. The minimum absolute atomic E-state index is 0.0935. The number of ether oxygens (including phenoxy) is 1. The highest BCUT2D eigenvalue weighted by atomic mass is 32.2. The number of hydrogen-bond donors (Lipinski definition) is 1. The summed E-state index contributed by atoms with van der Waals surface area (Å²) in [5, 5.41) is 5.13. The largest absolute Gasteiger partial charge is 0.496 e. The van der Waals surface area contributed by atoms with Crippen LogP contribution in [-0.4, -0.2) is 15.5 Å². The number of para-hydroxylation sites is 1. The van der Waals surface area contributed by atoms with E-state index in [0.29, 0.717) is 0 Å². The maximum Gasteiger partial charge on any atom is 0.238 e. The Kier molecular flexibility index (Phi) is 4.88. The maximum absolute atomic E-state index is 11.3. The Labute approximate surface area is 132 Å². The molecule has 0 bridgehead atoms. The summed E-state index contributed by atoms with van der Waals surface area (Å²) in [7, 11) is -1.98. The molecule has 4 nitrogen and oxygen atoms in total. The first kappa shape index (κ1) is 16.5. The molecule has 5 heteroatoms.